The third-order valence-electron chi connectivity index (χ3n) is 2.95. The molecule has 1 aliphatic rings. The highest BCUT2D eigenvalue weighted by atomic mass is 15.4. The van der Waals surface area contributed by atoms with Crippen molar-refractivity contribution in [2.45, 2.75) is 6.04 Å². The van der Waals surface area contributed by atoms with Crippen LogP contribution in [-0.4, -0.2) is 28.1 Å². The average Bonchev–Trinajstić information content (AvgIpc) is 2.76. The Bertz CT molecular complexity index is 559. The number of nitrogens with one attached hydrogen (secondary N) is 1. The van der Waals surface area contributed by atoms with Gasteiger partial charge in [0.25, 0.3) is 0 Å². The molecule has 1 fully saturated rings. The molecule has 1 aromatic carbocycles. The minimum absolute atomic E-state index is 0.426. The largest absolute Gasteiger partial charge is 0.312 e. The number of nitrogens with zero attached hydrogens (tertiary/aromatic N) is 4. The topological polar surface area (TPSA) is 66.5 Å². The molecule has 17 heavy (non-hydrogen) atoms. The van der Waals surface area contributed by atoms with Crippen LogP contribution in [0.2, 0.25) is 0 Å². The maximum absolute atomic E-state index is 8.73. The van der Waals surface area contributed by atoms with E-state index >= 15 is 0 Å². The van der Waals surface area contributed by atoms with Crippen LogP contribution >= 0.6 is 0 Å². The molecular formula is C12H11N5. The molecule has 0 unspecified atom stereocenters. The lowest BCUT2D eigenvalue weighted by molar-refractivity contribution is 0.313. The third kappa shape index (κ3) is 1.79. The number of nitriles is 1. The molecule has 0 amide bonds. The van der Waals surface area contributed by atoms with E-state index in [1.807, 2.05) is 23.0 Å². The zero-order valence-electron chi connectivity index (χ0n) is 9.17. The van der Waals surface area contributed by atoms with E-state index in [0.717, 1.165) is 24.3 Å². The van der Waals surface area contributed by atoms with Gasteiger partial charge in [-0.1, -0.05) is 17.3 Å². The highest BCUT2D eigenvalue weighted by Crippen LogP contribution is 2.19. The first-order valence-electron chi connectivity index (χ1n) is 5.50. The van der Waals surface area contributed by atoms with Gasteiger partial charge in [-0.25, -0.2) is 4.68 Å². The summed E-state index contributed by atoms with van der Waals surface area (Å²) in [4.78, 5) is 0. The summed E-state index contributed by atoms with van der Waals surface area (Å²) >= 11 is 0. The number of aromatic nitrogens is 3. The van der Waals surface area contributed by atoms with Gasteiger partial charge < -0.3 is 5.32 Å². The fourth-order valence-corrected chi connectivity index (χ4v) is 1.76. The van der Waals surface area contributed by atoms with Crippen molar-refractivity contribution in [2.75, 3.05) is 13.1 Å². The molecular weight excluding hydrogens is 214 g/mol. The second-order valence-corrected chi connectivity index (χ2v) is 4.09. The van der Waals surface area contributed by atoms with Gasteiger partial charge in [-0.2, -0.15) is 5.26 Å². The van der Waals surface area contributed by atoms with Gasteiger partial charge in [0.2, 0.25) is 0 Å². The van der Waals surface area contributed by atoms with Crippen LogP contribution in [0.25, 0.3) is 11.3 Å². The van der Waals surface area contributed by atoms with E-state index in [2.05, 4.69) is 21.7 Å². The quantitative estimate of drug-likeness (QED) is 0.826. The minimum atomic E-state index is 0.426. The molecule has 2 aromatic rings. The fourth-order valence-electron chi connectivity index (χ4n) is 1.76. The van der Waals surface area contributed by atoms with E-state index in [-0.39, 0.29) is 0 Å². The first-order chi connectivity index (χ1) is 8.36. The zero-order valence-corrected chi connectivity index (χ0v) is 9.17. The van der Waals surface area contributed by atoms with Crippen molar-refractivity contribution < 1.29 is 0 Å². The van der Waals surface area contributed by atoms with Gasteiger partial charge >= 0.3 is 0 Å². The Morgan fingerprint density at radius 3 is 2.65 bits per heavy atom. The summed E-state index contributed by atoms with van der Waals surface area (Å²) in [5.41, 5.74) is 2.49. The summed E-state index contributed by atoms with van der Waals surface area (Å²) < 4.78 is 1.89. The predicted octanol–water partition coefficient (Wildman–Crippen LogP) is 0.961. The van der Waals surface area contributed by atoms with Crippen molar-refractivity contribution in [3.8, 4) is 17.3 Å². The highest BCUT2D eigenvalue weighted by Gasteiger charge is 2.20. The lowest BCUT2D eigenvalue weighted by Gasteiger charge is -2.26. The molecule has 5 heteroatoms. The summed E-state index contributed by atoms with van der Waals surface area (Å²) in [5, 5.41) is 20.2. The number of benzene rings is 1. The normalized spacial score (nSPS) is 15.2. The fraction of sp³-hybridized carbons (Fsp3) is 0.250. The van der Waals surface area contributed by atoms with Crippen LogP contribution in [-0.2, 0) is 0 Å². The Labute approximate surface area is 98.7 Å². The first kappa shape index (κ1) is 10.00. The molecule has 0 bridgehead atoms. The molecule has 1 aliphatic heterocycles. The van der Waals surface area contributed by atoms with Gasteiger partial charge in [0.1, 0.15) is 5.69 Å². The lowest BCUT2D eigenvalue weighted by atomic mass is 10.1. The van der Waals surface area contributed by atoms with Gasteiger partial charge in [0, 0.05) is 18.7 Å². The van der Waals surface area contributed by atoms with E-state index in [9.17, 15) is 0 Å². The van der Waals surface area contributed by atoms with Crippen LogP contribution in [0.3, 0.4) is 0 Å². The van der Waals surface area contributed by atoms with Crippen LogP contribution in [0.4, 0.5) is 0 Å². The predicted molar refractivity (Wildman–Crippen MR) is 62.1 cm³/mol. The smallest absolute Gasteiger partial charge is 0.113 e. The Hall–Kier alpha value is -2.19. The number of hydrogen-bond acceptors (Lipinski definition) is 4. The summed E-state index contributed by atoms with van der Waals surface area (Å²) in [5.74, 6) is 0. The number of rotatable bonds is 2. The Morgan fingerprint density at radius 1 is 1.29 bits per heavy atom. The van der Waals surface area contributed by atoms with Crippen LogP contribution in [0.5, 0.6) is 0 Å². The third-order valence-corrected chi connectivity index (χ3v) is 2.95. The molecule has 1 saturated heterocycles. The molecule has 2 heterocycles. The lowest BCUT2D eigenvalue weighted by Crippen LogP contribution is -2.43. The monoisotopic (exact) mass is 225 g/mol. The van der Waals surface area contributed by atoms with Crippen molar-refractivity contribution >= 4 is 0 Å². The Balaban J connectivity index is 1.87. The molecule has 0 saturated carbocycles. The molecule has 5 nitrogen and oxygen atoms in total. The summed E-state index contributed by atoms with van der Waals surface area (Å²) in [6.45, 7) is 1.91. The van der Waals surface area contributed by atoms with Crippen LogP contribution < -0.4 is 5.32 Å². The molecule has 0 radical (unpaired) electrons. The van der Waals surface area contributed by atoms with Crippen LogP contribution in [0.15, 0.2) is 30.5 Å². The maximum atomic E-state index is 8.73. The Kier molecular flexibility index (Phi) is 2.35. The van der Waals surface area contributed by atoms with E-state index in [0.29, 0.717) is 11.6 Å². The van der Waals surface area contributed by atoms with E-state index in [4.69, 9.17) is 5.26 Å². The second kappa shape index (κ2) is 4.00. The van der Waals surface area contributed by atoms with Crippen LogP contribution in [0, 0.1) is 11.3 Å². The molecule has 1 N–H and O–H groups in total. The van der Waals surface area contributed by atoms with Gasteiger partial charge in [0.05, 0.1) is 23.9 Å². The molecule has 0 atom stereocenters. The van der Waals surface area contributed by atoms with Crippen molar-refractivity contribution in [3.63, 3.8) is 0 Å². The SMILES string of the molecule is N#Cc1ccc(-c2cn(C3CNC3)nn2)cc1. The van der Waals surface area contributed by atoms with Gasteiger partial charge in [-0.05, 0) is 12.1 Å². The molecule has 0 spiro atoms. The van der Waals surface area contributed by atoms with Gasteiger partial charge in [-0.15, -0.1) is 5.10 Å². The number of hydrogen-bond donors (Lipinski definition) is 1. The van der Waals surface area contributed by atoms with E-state index in [1.54, 1.807) is 12.1 Å². The standard InChI is InChI=1S/C12H11N5/c13-5-9-1-3-10(4-2-9)12-8-17(16-15-12)11-6-14-7-11/h1-4,8,11,14H,6-7H2. The van der Waals surface area contributed by atoms with Crippen molar-refractivity contribution in [1.82, 2.24) is 20.3 Å². The Morgan fingerprint density at radius 2 is 2.06 bits per heavy atom. The molecule has 84 valence electrons. The minimum Gasteiger partial charge on any atom is -0.312 e. The second-order valence-electron chi connectivity index (χ2n) is 4.09. The molecule has 0 aliphatic carbocycles. The zero-order chi connectivity index (χ0) is 11.7. The van der Waals surface area contributed by atoms with Crippen molar-refractivity contribution in [1.29, 1.82) is 5.26 Å². The summed E-state index contributed by atoms with van der Waals surface area (Å²) in [7, 11) is 0. The van der Waals surface area contributed by atoms with Crippen LogP contribution in [0.1, 0.15) is 11.6 Å². The van der Waals surface area contributed by atoms with E-state index < -0.39 is 0 Å². The molecule has 1 aromatic heterocycles. The first-order valence-corrected chi connectivity index (χ1v) is 5.50. The molecule has 3 rings (SSSR count). The maximum Gasteiger partial charge on any atom is 0.113 e. The van der Waals surface area contributed by atoms with Gasteiger partial charge in [0.15, 0.2) is 0 Å². The summed E-state index contributed by atoms with van der Waals surface area (Å²) in [6.07, 6.45) is 1.95. The van der Waals surface area contributed by atoms with Crippen molar-refractivity contribution in [2.24, 2.45) is 0 Å². The summed E-state index contributed by atoms with van der Waals surface area (Å²) in [6, 6.07) is 9.89. The van der Waals surface area contributed by atoms with Crippen molar-refractivity contribution in [3.05, 3.63) is 36.0 Å². The average molecular weight is 225 g/mol. The van der Waals surface area contributed by atoms with Gasteiger partial charge in [-0.3, -0.25) is 0 Å². The highest BCUT2D eigenvalue weighted by molar-refractivity contribution is 5.58. The van der Waals surface area contributed by atoms with E-state index in [1.165, 1.54) is 0 Å².